The Balaban J connectivity index is 0.000000280. The van der Waals surface area contributed by atoms with Crippen LogP contribution in [-0.2, 0) is 0 Å². The lowest BCUT2D eigenvalue weighted by molar-refractivity contribution is 1.48. The van der Waals surface area contributed by atoms with Gasteiger partial charge in [-0.1, -0.05) is 146 Å². The van der Waals surface area contributed by atoms with Crippen LogP contribution in [0.3, 0.4) is 0 Å². The molecule has 246 valence electrons. The Morgan fingerprint density at radius 3 is 0.292 bits per heavy atom. The summed E-state index contributed by atoms with van der Waals surface area (Å²) in [5.41, 5.74) is 0. The first kappa shape index (κ1) is 42.7. The fourth-order valence-corrected chi connectivity index (χ4v) is 3.99. The number of benzene rings is 7. The molecular formula is C42H42S6. The van der Waals surface area contributed by atoms with Crippen molar-refractivity contribution in [2.75, 3.05) is 0 Å². The Labute approximate surface area is 321 Å². The molecule has 0 fully saturated rings. The van der Waals surface area contributed by atoms with Crippen molar-refractivity contribution in [2.45, 2.75) is 29.4 Å². The lowest BCUT2D eigenvalue weighted by atomic mass is 10.4. The predicted octanol–water partition coefficient (Wildman–Crippen LogP) is 13.5. The summed E-state index contributed by atoms with van der Waals surface area (Å²) in [4.78, 5) is 6.10. The molecule has 0 amide bonds. The minimum absolute atomic E-state index is 1.02. The molecule has 0 atom stereocenters. The second-order valence-electron chi connectivity index (χ2n) is 9.17. The van der Waals surface area contributed by atoms with Crippen molar-refractivity contribution < 1.29 is 0 Å². The Kier molecular flexibility index (Phi) is 27.5. The summed E-state index contributed by atoms with van der Waals surface area (Å²) < 4.78 is 0. The number of hydrogen-bond donors (Lipinski definition) is 6. The van der Waals surface area contributed by atoms with Crippen LogP contribution in [0.4, 0.5) is 0 Å². The molecule has 0 N–H and O–H groups in total. The number of rotatable bonds is 0. The first-order valence-corrected chi connectivity index (χ1v) is 17.5. The number of thiol groups is 6. The van der Waals surface area contributed by atoms with Gasteiger partial charge in [-0.15, -0.1) is 75.8 Å². The molecule has 6 heteroatoms. The van der Waals surface area contributed by atoms with Crippen LogP contribution in [0, 0.1) is 0 Å². The average molecular weight is 739 g/mol. The summed E-state index contributed by atoms with van der Waals surface area (Å²) in [6, 6.07) is 70.7. The molecular weight excluding hydrogens is 697 g/mol. The minimum atomic E-state index is 1.02. The van der Waals surface area contributed by atoms with Crippen LogP contribution in [0.15, 0.2) is 248 Å². The third-order valence-corrected chi connectivity index (χ3v) is 6.99. The van der Waals surface area contributed by atoms with Gasteiger partial charge in [-0.05, 0) is 72.8 Å². The molecule has 48 heavy (non-hydrogen) atoms. The number of hydrogen-bond acceptors (Lipinski definition) is 6. The van der Waals surface area contributed by atoms with Gasteiger partial charge in [-0.2, -0.15) is 0 Å². The van der Waals surface area contributed by atoms with E-state index in [0.29, 0.717) is 0 Å². The quantitative estimate of drug-likeness (QED) is 0.0820. The largest absolute Gasteiger partial charge is 0.143 e. The second kappa shape index (κ2) is 30.9. The van der Waals surface area contributed by atoms with Gasteiger partial charge < -0.3 is 0 Å². The van der Waals surface area contributed by atoms with Gasteiger partial charge in [-0.25, -0.2) is 0 Å². The van der Waals surface area contributed by atoms with E-state index in [1.807, 2.05) is 218 Å². The van der Waals surface area contributed by atoms with E-state index in [2.05, 4.69) is 75.8 Å². The maximum atomic E-state index is 4.08. The van der Waals surface area contributed by atoms with Crippen LogP contribution in [0.25, 0.3) is 0 Å². The minimum Gasteiger partial charge on any atom is -0.143 e. The van der Waals surface area contributed by atoms with E-state index >= 15 is 0 Å². The van der Waals surface area contributed by atoms with Gasteiger partial charge in [0.1, 0.15) is 0 Å². The van der Waals surface area contributed by atoms with Crippen LogP contribution in [0.1, 0.15) is 0 Å². The van der Waals surface area contributed by atoms with Gasteiger partial charge in [0.2, 0.25) is 0 Å². The maximum absolute atomic E-state index is 4.08. The summed E-state index contributed by atoms with van der Waals surface area (Å²) in [5.74, 6) is 0. The SMILES string of the molecule is Sc1ccccc1.Sc1ccccc1.Sc1ccccc1.Sc1ccccc1.Sc1ccccc1.Sc1ccccc1.c1ccccc1. The Hall–Kier alpha value is -3.36. The van der Waals surface area contributed by atoms with Gasteiger partial charge in [0.15, 0.2) is 0 Å². The van der Waals surface area contributed by atoms with E-state index < -0.39 is 0 Å². The predicted molar refractivity (Wildman–Crippen MR) is 229 cm³/mol. The molecule has 0 saturated heterocycles. The molecule has 7 aromatic rings. The zero-order chi connectivity index (χ0) is 34.9. The van der Waals surface area contributed by atoms with Crippen molar-refractivity contribution in [3.05, 3.63) is 218 Å². The van der Waals surface area contributed by atoms with E-state index in [1.54, 1.807) is 0 Å². The fraction of sp³-hybridized carbons (Fsp3) is 0. The second-order valence-corrected chi connectivity index (χ2v) is 12.3. The van der Waals surface area contributed by atoms with Crippen molar-refractivity contribution in [1.82, 2.24) is 0 Å². The van der Waals surface area contributed by atoms with Gasteiger partial charge in [0.05, 0.1) is 0 Å². The molecule has 0 aliphatic carbocycles. The van der Waals surface area contributed by atoms with Crippen molar-refractivity contribution >= 4 is 75.8 Å². The molecule has 0 aliphatic heterocycles. The summed E-state index contributed by atoms with van der Waals surface area (Å²) in [5, 5.41) is 0. The van der Waals surface area contributed by atoms with Crippen LogP contribution in [0.5, 0.6) is 0 Å². The first-order valence-electron chi connectivity index (χ1n) is 14.8. The van der Waals surface area contributed by atoms with E-state index in [1.165, 1.54) is 0 Å². The van der Waals surface area contributed by atoms with Crippen LogP contribution in [0.2, 0.25) is 0 Å². The van der Waals surface area contributed by atoms with Crippen LogP contribution >= 0.6 is 75.8 Å². The van der Waals surface area contributed by atoms with Gasteiger partial charge in [-0.3, -0.25) is 0 Å². The molecule has 0 heterocycles. The van der Waals surface area contributed by atoms with Gasteiger partial charge >= 0.3 is 0 Å². The molecule has 7 rings (SSSR count). The summed E-state index contributed by atoms with van der Waals surface area (Å²) in [7, 11) is 0. The Morgan fingerprint density at radius 1 is 0.146 bits per heavy atom. The van der Waals surface area contributed by atoms with Gasteiger partial charge in [0.25, 0.3) is 0 Å². The zero-order valence-corrected chi connectivity index (χ0v) is 31.8. The average Bonchev–Trinajstić information content (AvgIpc) is 3.13. The Bertz CT molecular complexity index is 1310. The molecule has 0 radical (unpaired) electrons. The normalized spacial score (nSPS) is 8.62. The molecule has 0 unspecified atom stereocenters. The lowest BCUT2D eigenvalue weighted by Crippen LogP contribution is -1.56. The van der Waals surface area contributed by atoms with Crippen molar-refractivity contribution in [3.63, 3.8) is 0 Å². The molecule has 0 saturated carbocycles. The highest BCUT2D eigenvalue weighted by molar-refractivity contribution is 7.81. The van der Waals surface area contributed by atoms with Crippen molar-refractivity contribution in [3.8, 4) is 0 Å². The fourth-order valence-electron chi connectivity index (χ4n) is 2.95. The van der Waals surface area contributed by atoms with Crippen LogP contribution < -0.4 is 0 Å². The van der Waals surface area contributed by atoms with Crippen LogP contribution in [-0.4, -0.2) is 0 Å². The smallest absolute Gasteiger partial charge is 0.00399 e. The summed E-state index contributed by atoms with van der Waals surface area (Å²) >= 11 is 24.5. The standard InChI is InChI=1S/6C6H6S.C6H6/c6*7-6-4-2-1-3-5-6;1-2-4-6-5-3-1/h6*1-5,7H;1-6H. The zero-order valence-electron chi connectivity index (χ0n) is 26.5. The van der Waals surface area contributed by atoms with E-state index in [4.69, 9.17) is 0 Å². The van der Waals surface area contributed by atoms with E-state index in [0.717, 1.165) is 29.4 Å². The topological polar surface area (TPSA) is 0 Å². The highest BCUT2D eigenvalue weighted by Crippen LogP contribution is 2.04. The summed E-state index contributed by atoms with van der Waals surface area (Å²) in [6.45, 7) is 0. The first-order chi connectivity index (χ1) is 23.4. The monoisotopic (exact) mass is 738 g/mol. The van der Waals surface area contributed by atoms with E-state index in [9.17, 15) is 0 Å². The highest BCUT2D eigenvalue weighted by atomic mass is 32.1. The van der Waals surface area contributed by atoms with Gasteiger partial charge in [0, 0.05) is 29.4 Å². The van der Waals surface area contributed by atoms with Crippen molar-refractivity contribution in [2.24, 2.45) is 0 Å². The molecule has 0 aromatic heterocycles. The molecule has 0 spiro atoms. The van der Waals surface area contributed by atoms with E-state index in [-0.39, 0.29) is 0 Å². The maximum Gasteiger partial charge on any atom is 0.00399 e. The van der Waals surface area contributed by atoms with Crippen molar-refractivity contribution in [1.29, 1.82) is 0 Å². The molecule has 0 nitrogen and oxygen atoms in total. The molecule has 0 aliphatic rings. The molecule has 7 aromatic carbocycles. The third-order valence-electron chi connectivity index (χ3n) is 5.20. The lowest BCUT2D eigenvalue weighted by Gasteiger charge is -1.81. The highest BCUT2D eigenvalue weighted by Gasteiger charge is 1.76. The third kappa shape index (κ3) is 28.8. The molecule has 0 bridgehead atoms. The Morgan fingerprint density at radius 2 is 0.229 bits per heavy atom. The summed E-state index contributed by atoms with van der Waals surface area (Å²) in [6.07, 6.45) is 0.